The molecule has 0 spiro atoms. The Balaban J connectivity index is 2.24. The SMILES string of the molecule is Cc1sc(C(=O)N2CCC[C@H](C)[C@@H]2CN)cc1CS(C)(=O)=O. The number of nitrogens with zero attached hydrogens (tertiary/aromatic N) is 1. The molecule has 0 aromatic carbocycles. The van der Waals surface area contributed by atoms with Crippen molar-refractivity contribution in [3.63, 3.8) is 0 Å². The van der Waals surface area contributed by atoms with Crippen molar-refractivity contribution in [3.05, 3.63) is 21.4 Å². The van der Waals surface area contributed by atoms with Crippen LogP contribution in [0, 0.1) is 12.8 Å². The molecule has 2 rings (SSSR count). The molecule has 1 saturated heterocycles. The summed E-state index contributed by atoms with van der Waals surface area (Å²) < 4.78 is 22.9. The van der Waals surface area contributed by atoms with E-state index in [0.717, 1.165) is 29.8 Å². The second kappa shape index (κ2) is 6.68. The fourth-order valence-electron chi connectivity index (χ4n) is 3.05. The number of carbonyl (C=O) groups is 1. The van der Waals surface area contributed by atoms with Gasteiger partial charge in [-0.2, -0.15) is 0 Å². The van der Waals surface area contributed by atoms with Crippen molar-refractivity contribution in [1.82, 2.24) is 4.90 Å². The van der Waals surface area contributed by atoms with Crippen LogP contribution in [0.15, 0.2) is 6.07 Å². The van der Waals surface area contributed by atoms with E-state index in [9.17, 15) is 13.2 Å². The van der Waals surface area contributed by atoms with Crippen LogP contribution in [0.5, 0.6) is 0 Å². The summed E-state index contributed by atoms with van der Waals surface area (Å²) in [7, 11) is -3.10. The zero-order valence-electron chi connectivity index (χ0n) is 13.3. The minimum Gasteiger partial charge on any atom is -0.333 e. The highest BCUT2D eigenvalue weighted by Crippen LogP contribution is 2.29. The highest BCUT2D eigenvalue weighted by Gasteiger charge is 2.32. The number of hydrogen-bond acceptors (Lipinski definition) is 5. The van der Waals surface area contributed by atoms with Crippen LogP contribution in [0.1, 0.15) is 39.9 Å². The van der Waals surface area contributed by atoms with E-state index < -0.39 is 9.84 Å². The van der Waals surface area contributed by atoms with Gasteiger partial charge < -0.3 is 10.6 Å². The predicted octanol–water partition coefficient (Wildman–Crippen LogP) is 1.80. The zero-order valence-corrected chi connectivity index (χ0v) is 15.0. The maximum atomic E-state index is 12.8. The molecule has 0 unspecified atom stereocenters. The summed E-state index contributed by atoms with van der Waals surface area (Å²) in [5.41, 5.74) is 6.58. The summed E-state index contributed by atoms with van der Waals surface area (Å²) in [5, 5.41) is 0. The first-order chi connectivity index (χ1) is 10.2. The summed E-state index contributed by atoms with van der Waals surface area (Å²) in [5.74, 6) is 0.369. The smallest absolute Gasteiger partial charge is 0.264 e. The number of thiophene rings is 1. The Morgan fingerprint density at radius 3 is 2.77 bits per heavy atom. The van der Waals surface area contributed by atoms with E-state index in [1.165, 1.54) is 17.6 Å². The van der Waals surface area contributed by atoms with Crippen molar-refractivity contribution in [3.8, 4) is 0 Å². The summed E-state index contributed by atoms with van der Waals surface area (Å²) in [4.78, 5) is 16.1. The lowest BCUT2D eigenvalue weighted by Gasteiger charge is -2.39. The van der Waals surface area contributed by atoms with E-state index in [-0.39, 0.29) is 17.7 Å². The molecule has 2 atom stereocenters. The lowest BCUT2D eigenvalue weighted by atomic mass is 9.90. The van der Waals surface area contributed by atoms with Gasteiger partial charge in [0.2, 0.25) is 0 Å². The average Bonchev–Trinajstić information content (AvgIpc) is 2.77. The van der Waals surface area contributed by atoms with Crippen LogP contribution in [0.25, 0.3) is 0 Å². The molecule has 1 fully saturated rings. The average molecular weight is 345 g/mol. The van der Waals surface area contributed by atoms with Crippen LogP contribution in [-0.4, -0.2) is 44.6 Å². The Labute approximate surface area is 136 Å². The van der Waals surface area contributed by atoms with E-state index in [1.807, 2.05) is 11.8 Å². The van der Waals surface area contributed by atoms with Crippen molar-refractivity contribution in [2.45, 2.75) is 38.5 Å². The quantitative estimate of drug-likeness (QED) is 0.903. The third-order valence-corrected chi connectivity index (χ3v) is 6.18. The monoisotopic (exact) mass is 344 g/mol. The lowest BCUT2D eigenvalue weighted by molar-refractivity contribution is 0.0537. The van der Waals surface area contributed by atoms with E-state index in [1.54, 1.807) is 6.07 Å². The molecule has 1 aliphatic heterocycles. The minimum atomic E-state index is -3.10. The first kappa shape index (κ1) is 17.4. The van der Waals surface area contributed by atoms with Crippen LogP contribution in [0.4, 0.5) is 0 Å². The number of carbonyl (C=O) groups excluding carboxylic acids is 1. The molecular weight excluding hydrogens is 320 g/mol. The van der Waals surface area contributed by atoms with Gasteiger partial charge in [0.1, 0.15) is 0 Å². The molecule has 0 saturated carbocycles. The number of hydrogen-bond donors (Lipinski definition) is 1. The summed E-state index contributed by atoms with van der Waals surface area (Å²) >= 11 is 1.37. The second-order valence-corrected chi connectivity index (χ2v) is 9.58. The number of nitrogens with two attached hydrogens (primary N) is 1. The fraction of sp³-hybridized carbons (Fsp3) is 0.667. The minimum absolute atomic E-state index is 0.0146. The zero-order chi connectivity index (χ0) is 16.5. The van der Waals surface area contributed by atoms with E-state index in [2.05, 4.69) is 6.92 Å². The number of likely N-dealkylation sites (tertiary alicyclic amines) is 1. The van der Waals surface area contributed by atoms with Crippen LogP contribution in [0.2, 0.25) is 0 Å². The molecule has 0 radical (unpaired) electrons. The Morgan fingerprint density at radius 2 is 2.18 bits per heavy atom. The van der Waals surface area contributed by atoms with Gasteiger partial charge in [-0.05, 0) is 37.3 Å². The largest absolute Gasteiger partial charge is 0.333 e. The molecular formula is C15H24N2O3S2. The molecule has 2 heterocycles. The second-order valence-electron chi connectivity index (χ2n) is 6.18. The van der Waals surface area contributed by atoms with E-state index in [0.29, 0.717) is 17.3 Å². The van der Waals surface area contributed by atoms with Crippen LogP contribution >= 0.6 is 11.3 Å². The van der Waals surface area contributed by atoms with Gasteiger partial charge in [0, 0.05) is 30.3 Å². The van der Waals surface area contributed by atoms with Gasteiger partial charge in [-0.3, -0.25) is 4.79 Å². The molecule has 1 aromatic heterocycles. The van der Waals surface area contributed by atoms with Crippen LogP contribution < -0.4 is 5.73 Å². The van der Waals surface area contributed by atoms with Crippen molar-refractivity contribution >= 4 is 27.1 Å². The molecule has 0 aliphatic carbocycles. The topological polar surface area (TPSA) is 80.5 Å². The van der Waals surface area contributed by atoms with Crippen LogP contribution in [0.3, 0.4) is 0 Å². The molecule has 1 aromatic rings. The van der Waals surface area contributed by atoms with Gasteiger partial charge in [0.15, 0.2) is 9.84 Å². The first-order valence-electron chi connectivity index (χ1n) is 7.51. The number of amides is 1. The Bertz CT molecular complexity index is 652. The molecule has 5 nitrogen and oxygen atoms in total. The third kappa shape index (κ3) is 3.88. The normalized spacial score (nSPS) is 22.8. The van der Waals surface area contributed by atoms with Crippen molar-refractivity contribution in [2.24, 2.45) is 11.7 Å². The number of sulfone groups is 1. The maximum absolute atomic E-state index is 12.8. The Hall–Kier alpha value is -0.920. The standard InChI is InChI=1S/C15H24N2O3S2/c1-10-5-4-6-17(13(10)8-16)15(18)14-7-12(11(2)21-14)9-22(3,19)20/h7,10,13H,4-6,8-9,16H2,1-3H3/t10-,13-/m0/s1. The fourth-order valence-corrected chi connectivity index (χ4v) is 5.01. The van der Waals surface area contributed by atoms with Crippen molar-refractivity contribution < 1.29 is 13.2 Å². The molecule has 1 amide bonds. The maximum Gasteiger partial charge on any atom is 0.264 e. The number of piperidine rings is 1. The van der Waals surface area contributed by atoms with E-state index >= 15 is 0 Å². The molecule has 0 bridgehead atoms. The van der Waals surface area contributed by atoms with Crippen molar-refractivity contribution in [1.29, 1.82) is 0 Å². The Morgan fingerprint density at radius 1 is 1.50 bits per heavy atom. The number of rotatable bonds is 4. The highest BCUT2D eigenvalue weighted by molar-refractivity contribution is 7.89. The molecule has 124 valence electrons. The summed E-state index contributed by atoms with van der Waals surface area (Å²) in [6, 6.07) is 1.80. The van der Waals surface area contributed by atoms with Gasteiger partial charge in [-0.25, -0.2) is 8.42 Å². The van der Waals surface area contributed by atoms with E-state index in [4.69, 9.17) is 5.73 Å². The highest BCUT2D eigenvalue weighted by atomic mass is 32.2. The Kier molecular flexibility index (Phi) is 5.29. The third-order valence-electron chi connectivity index (χ3n) is 4.27. The van der Waals surface area contributed by atoms with Gasteiger partial charge in [0.05, 0.1) is 10.6 Å². The van der Waals surface area contributed by atoms with Crippen molar-refractivity contribution in [2.75, 3.05) is 19.3 Å². The lowest BCUT2D eigenvalue weighted by Crippen LogP contribution is -2.51. The molecule has 7 heteroatoms. The number of aryl methyl sites for hydroxylation is 1. The van der Waals surface area contributed by atoms with Gasteiger partial charge in [0.25, 0.3) is 5.91 Å². The predicted molar refractivity (Wildman–Crippen MR) is 89.9 cm³/mol. The molecule has 1 aliphatic rings. The molecule has 22 heavy (non-hydrogen) atoms. The van der Waals surface area contributed by atoms with Gasteiger partial charge >= 0.3 is 0 Å². The first-order valence-corrected chi connectivity index (χ1v) is 10.4. The van der Waals surface area contributed by atoms with Gasteiger partial charge in [-0.15, -0.1) is 11.3 Å². The van der Waals surface area contributed by atoms with Crippen LogP contribution in [-0.2, 0) is 15.6 Å². The molecule has 2 N–H and O–H groups in total. The summed E-state index contributed by atoms with van der Waals surface area (Å²) in [6.45, 7) is 5.18. The van der Waals surface area contributed by atoms with Gasteiger partial charge in [-0.1, -0.05) is 6.92 Å². The summed E-state index contributed by atoms with van der Waals surface area (Å²) in [6.07, 6.45) is 3.29.